The van der Waals surface area contributed by atoms with Gasteiger partial charge >= 0.3 is 0 Å². The summed E-state index contributed by atoms with van der Waals surface area (Å²) in [6, 6.07) is 8.81. The molecule has 0 saturated heterocycles. The van der Waals surface area contributed by atoms with E-state index in [1.807, 2.05) is 25.1 Å². The van der Waals surface area contributed by atoms with Crippen LogP contribution < -0.4 is 29.1 Å². The van der Waals surface area contributed by atoms with Crippen molar-refractivity contribution in [2.45, 2.75) is 46.6 Å². The molecule has 0 N–H and O–H groups in total. The molecule has 194 valence electrons. The van der Waals surface area contributed by atoms with Gasteiger partial charge in [-0.05, 0) is 73.7 Å². The number of thiazole rings is 1. The number of benzene rings is 2. The molecule has 1 aliphatic heterocycles. The van der Waals surface area contributed by atoms with Crippen LogP contribution in [0.4, 0.5) is 0 Å². The number of hydrogen-bond donors (Lipinski definition) is 0. The van der Waals surface area contributed by atoms with E-state index < -0.39 is 6.04 Å². The first-order valence-corrected chi connectivity index (χ1v) is 12.9. The van der Waals surface area contributed by atoms with Crippen LogP contribution in [0, 0.1) is 6.92 Å². The van der Waals surface area contributed by atoms with Gasteiger partial charge in [-0.2, -0.15) is 0 Å². The lowest BCUT2D eigenvalue weighted by molar-refractivity contribution is -0.114. The Labute approximate surface area is 220 Å². The molecule has 2 heterocycles. The number of aromatic nitrogens is 1. The molecule has 7 nitrogen and oxygen atoms in total. The molecule has 0 amide bonds. The van der Waals surface area contributed by atoms with Crippen LogP contribution in [0.5, 0.6) is 17.2 Å². The second kappa shape index (κ2) is 10.4. The van der Waals surface area contributed by atoms with Gasteiger partial charge in [-0.3, -0.25) is 14.2 Å². The number of hydrogen-bond acceptors (Lipinski definition) is 7. The second-order valence-electron chi connectivity index (χ2n) is 9.35. The van der Waals surface area contributed by atoms with Crippen molar-refractivity contribution in [1.82, 2.24) is 4.57 Å². The zero-order chi connectivity index (χ0) is 27.0. The van der Waals surface area contributed by atoms with E-state index in [0.29, 0.717) is 37.7 Å². The van der Waals surface area contributed by atoms with Gasteiger partial charge in [0.1, 0.15) is 17.2 Å². The summed E-state index contributed by atoms with van der Waals surface area (Å²) in [5, 5.41) is 0. The first-order valence-electron chi connectivity index (χ1n) is 12.0. The molecular formula is C29H32N2O5S. The van der Waals surface area contributed by atoms with E-state index in [0.717, 1.165) is 22.4 Å². The van der Waals surface area contributed by atoms with Gasteiger partial charge in [0.15, 0.2) is 10.6 Å². The number of rotatable bonds is 7. The van der Waals surface area contributed by atoms with Crippen molar-refractivity contribution < 1.29 is 19.0 Å². The Kier molecular flexibility index (Phi) is 7.41. The van der Waals surface area contributed by atoms with Gasteiger partial charge in [0, 0.05) is 22.9 Å². The number of Topliss-reactive ketones (excluding diaryl/α,β-unsaturated/α-hetero) is 1. The zero-order valence-corrected chi connectivity index (χ0v) is 23.3. The summed E-state index contributed by atoms with van der Waals surface area (Å²) in [4.78, 5) is 31.9. The summed E-state index contributed by atoms with van der Waals surface area (Å²) in [7, 11) is 4.81. The Morgan fingerprint density at radius 1 is 1.05 bits per heavy atom. The fraction of sp³-hybridized carbons (Fsp3) is 0.345. The number of fused-ring (bicyclic) bond motifs is 1. The van der Waals surface area contributed by atoms with Gasteiger partial charge in [0.05, 0.1) is 31.9 Å². The minimum Gasteiger partial charge on any atom is -0.497 e. The van der Waals surface area contributed by atoms with Crippen LogP contribution in [-0.4, -0.2) is 31.7 Å². The number of nitrogens with zero attached hydrogens (tertiary/aromatic N) is 2. The van der Waals surface area contributed by atoms with Crippen LogP contribution in [-0.2, 0) is 4.79 Å². The second-order valence-corrected chi connectivity index (χ2v) is 10.4. The van der Waals surface area contributed by atoms with Crippen molar-refractivity contribution in [2.75, 3.05) is 21.3 Å². The highest BCUT2D eigenvalue weighted by atomic mass is 32.1. The Balaban J connectivity index is 1.99. The molecule has 1 atom stereocenters. The maximum Gasteiger partial charge on any atom is 0.271 e. The zero-order valence-electron chi connectivity index (χ0n) is 22.5. The highest BCUT2D eigenvalue weighted by Gasteiger charge is 2.32. The average molecular weight is 521 g/mol. The van der Waals surface area contributed by atoms with Crippen molar-refractivity contribution in [3.8, 4) is 17.2 Å². The Morgan fingerprint density at radius 3 is 2.35 bits per heavy atom. The molecule has 8 heteroatoms. The standard InChI is InChI=1S/C29H32N2O5S/c1-15(2)22-12-19(16(3)11-23(22)35-7)13-25-28(33)31-27(21-10-9-20(34-6)14-24(21)36-8)26(18(5)32)17(4)30-29(31)37-25/h9-15,27H,1-8H3. The average Bonchev–Trinajstić information content (AvgIpc) is 3.17. The fourth-order valence-electron chi connectivity index (χ4n) is 4.75. The highest BCUT2D eigenvalue weighted by Crippen LogP contribution is 2.37. The SMILES string of the molecule is COc1ccc(C2C(C(C)=O)=C(C)N=c3sc(=Cc4cc(C(C)C)c(OC)cc4C)c(=O)n32)c(OC)c1. The van der Waals surface area contributed by atoms with Crippen molar-refractivity contribution in [3.63, 3.8) is 0 Å². The van der Waals surface area contributed by atoms with Crippen molar-refractivity contribution >= 4 is 23.2 Å². The molecule has 4 rings (SSSR count). The third-order valence-corrected chi connectivity index (χ3v) is 7.65. The smallest absolute Gasteiger partial charge is 0.271 e. The highest BCUT2D eigenvalue weighted by molar-refractivity contribution is 7.07. The van der Waals surface area contributed by atoms with Crippen LogP contribution in [0.25, 0.3) is 6.08 Å². The number of methoxy groups -OCH3 is 3. The first-order chi connectivity index (χ1) is 17.6. The summed E-state index contributed by atoms with van der Waals surface area (Å²) in [6.07, 6.45) is 1.90. The minimum absolute atomic E-state index is 0.147. The predicted molar refractivity (Wildman–Crippen MR) is 146 cm³/mol. The molecule has 0 saturated carbocycles. The maximum absolute atomic E-state index is 13.9. The quantitative estimate of drug-likeness (QED) is 0.465. The van der Waals surface area contributed by atoms with Crippen molar-refractivity contribution in [3.05, 3.63) is 83.5 Å². The first kappa shape index (κ1) is 26.4. The Morgan fingerprint density at radius 2 is 1.76 bits per heavy atom. The Bertz CT molecular complexity index is 1590. The molecule has 3 aromatic rings. The predicted octanol–water partition coefficient (Wildman–Crippen LogP) is 4.28. The molecule has 0 radical (unpaired) electrons. The number of ketones is 1. The molecule has 0 fully saturated rings. The number of aryl methyl sites for hydroxylation is 1. The third-order valence-electron chi connectivity index (χ3n) is 6.66. The van der Waals surface area contributed by atoms with E-state index in [4.69, 9.17) is 14.2 Å². The van der Waals surface area contributed by atoms with E-state index in [1.165, 1.54) is 18.3 Å². The fourth-order valence-corrected chi connectivity index (χ4v) is 5.79. The molecule has 0 bridgehead atoms. The van der Waals surface area contributed by atoms with Crippen molar-refractivity contribution in [1.29, 1.82) is 0 Å². The third kappa shape index (κ3) is 4.73. The lowest BCUT2D eigenvalue weighted by Crippen LogP contribution is -2.39. The van der Waals surface area contributed by atoms with Crippen LogP contribution >= 0.6 is 11.3 Å². The molecular weight excluding hydrogens is 488 g/mol. The van der Waals surface area contributed by atoms with E-state index in [-0.39, 0.29) is 17.3 Å². The summed E-state index contributed by atoms with van der Waals surface area (Å²) in [5.41, 5.74) is 4.55. The molecule has 0 aliphatic carbocycles. The van der Waals surface area contributed by atoms with Crippen molar-refractivity contribution in [2.24, 2.45) is 4.99 Å². The number of carbonyl (C=O) groups excluding carboxylic acids is 1. The van der Waals surface area contributed by atoms with Crippen LogP contribution in [0.1, 0.15) is 61.9 Å². The van der Waals surface area contributed by atoms with Gasteiger partial charge in [-0.25, -0.2) is 4.99 Å². The lowest BCUT2D eigenvalue weighted by atomic mass is 9.92. The largest absolute Gasteiger partial charge is 0.497 e. The molecule has 2 aromatic carbocycles. The normalized spacial score (nSPS) is 15.5. The van der Waals surface area contributed by atoms with E-state index >= 15 is 0 Å². The molecule has 37 heavy (non-hydrogen) atoms. The van der Waals surface area contributed by atoms with Gasteiger partial charge in [0.2, 0.25) is 0 Å². The monoisotopic (exact) mass is 520 g/mol. The summed E-state index contributed by atoms with van der Waals surface area (Å²) in [5.74, 6) is 2.09. The molecule has 1 unspecified atom stereocenters. The van der Waals surface area contributed by atoms with E-state index in [2.05, 4.69) is 24.9 Å². The van der Waals surface area contributed by atoms with Crippen LogP contribution in [0.3, 0.4) is 0 Å². The maximum atomic E-state index is 13.9. The molecule has 1 aromatic heterocycles. The topological polar surface area (TPSA) is 79.1 Å². The van der Waals surface area contributed by atoms with Gasteiger partial charge in [-0.15, -0.1) is 0 Å². The summed E-state index contributed by atoms with van der Waals surface area (Å²) >= 11 is 1.31. The summed E-state index contributed by atoms with van der Waals surface area (Å²) in [6.45, 7) is 9.52. The summed E-state index contributed by atoms with van der Waals surface area (Å²) < 4.78 is 18.7. The van der Waals surface area contributed by atoms with E-state index in [9.17, 15) is 9.59 Å². The Hall–Kier alpha value is -3.65. The molecule has 1 aliphatic rings. The van der Waals surface area contributed by atoms with Crippen LogP contribution in [0.2, 0.25) is 0 Å². The lowest BCUT2D eigenvalue weighted by Gasteiger charge is -2.26. The van der Waals surface area contributed by atoms with Gasteiger partial charge in [0.25, 0.3) is 5.56 Å². The molecule has 0 spiro atoms. The number of carbonyl (C=O) groups is 1. The van der Waals surface area contributed by atoms with E-state index in [1.54, 1.807) is 45.0 Å². The van der Waals surface area contributed by atoms with Crippen LogP contribution in [0.15, 0.2) is 51.4 Å². The number of allylic oxidation sites excluding steroid dienone is 2. The number of ether oxygens (including phenoxy) is 3. The van der Waals surface area contributed by atoms with Gasteiger partial charge in [-0.1, -0.05) is 25.2 Å². The minimum atomic E-state index is -0.667. The van der Waals surface area contributed by atoms with Gasteiger partial charge < -0.3 is 14.2 Å².